The molecule has 4 heteroatoms. The summed E-state index contributed by atoms with van der Waals surface area (Å²) in [5.74, 6) is -0.229. The van der Waals surface area contributed by atoms with E-state index in [9.17, 15) is 4.79 Å². The van der Waals surface area contributed by atoms with E-state index in [1.807, 2.05) is 24.3 Å². The highest BCUT2D eigenvalue weighted by atomic mass is 16.5. The molecule has 1 aromatic carbocycles. The Bertz CT molecular complexity index is 309. The number of nitrogens with one attached hydrogen (secondary N) is 1. The van der Waals surface area contributed by atoms with Crippen molar-refractivity contribution in [3.63, 3.8) is 0 Å². The summed E-state index contributed by atoms with van der Waals surface area (Å²) >= 11 is 0. The second kappa shape index (κ2) is 6.03. The number of carbonyl (C=O) groups excluding carboxylic acids is 1. The third-order valence-electron chi connectivity index (χ3n) is 1.88. The summed E-state index contributed by atoms with van der Waals surface area (Å²) in [4.78, 5) is 11.0. The Balaban J connectivity index is 2.26. The van der Waals surface area contributed by atoms with Crippen molar-refractivity contribution in [2.24, 2.45) is 0 Å². The highest BCUT2D eigenvalue weighted by Gasteiger charge is 1.99. The first-order chi connectivity index (χ1) is 7.22. The van der Waals surface area contributed by atoms with Gasteiger partial charge < -0.3 is 15.8 Å². The molecule has 0 unspecified atom stereocenters. The molecule has 1 rings (SSSR count). The zero-order chi connectivity index (χ0) is 11.1. The average Bonchev–Trinajstić information content (AvgIpc) is 2.21. The minimum atomic E-state index is -0.229. The summed E-state index contributed by atoms with van der Waals surface area (Å²) in [6.45, 7) is 3.08. The maximum Gasteiger partial charge on any atom is 0.319 e. The van der Waals surface area contributed by atoms with Gasteiger partial charge in [-0.25, -0.2) is 0 Å². The topological polar surface area (TPSA) is 64.3 Å². The van der Waals surface area contributed by atoms with Crippen LogP contribution in [0.1, 0.15) is 12.5 Å². The van der Waals surface area contributed by atoms with Crippen LogP contribution in [-0.4, -0.2) is 19.1 Å². The van der Waals surface area contributed by atoms with Gasteiger partial charge in [0.25, 0.3) is 0 Å². The molecule has 0 bridgehead atoms. The Kier molecular flexibility index (Phi) is 4.63. The van der Waals surface area contributed by atoms with Crippen molar-refractivity contribution in [1.29, 1.82) is 0 Å². The van der Waals surface area contributed by atoms with Gasteiger partial charge in [-0.3, -0.25) is 4.79 Å². The standard InChI is InChI=1S/C11H16N2O2/c1-2-15-11(14)8-13-7-9-3-5-10(12)6-4-9/h3-6,13H,2,7-8,12H2,1H3. The zero-order valence-corrected chi connectivity index (χ0v) is 8.82. The molecule has 0 heterocycles. The fourth-order valence-electron chi connectivity index (χ4n) is 1.16. The van der Waals surface area contributed by atoms with E-state index in [-0.39, 0.29) is 12.5 Å². The lowest BCUT2D eigenvalue weighted by molar-refractivity contribution is -0.142. The number of anilines is 1. The quantitative estimate of drug-likeness (QED) is 0.558. The van der Waals surface area contributed by atoms with Crippen LogP contribution in [0.5, 0.6) is 0 Å². The van der Waals surface area contributed by atoms with Gasteiger partial charge in [-0.1, -0.05) is 12.1 Å². The Hall–Kier alpha value is -1.55. The Morgan fingerprint density at radius 2 is 2.07 bits per heavy atom. The molecule has 82 valence electrons. The molecule has 0 spiro atoms. The first-order valence-electron chi connectivity index (χ1n) is 4.93. The summed E-state index contributed by atoms with van der Waals surface area (Å²) in [5, 5.41) is 2.99. The van der Waals surface area contributed by atoms with E-state index < -0.39 is 0 Å². The highest BCUT2D eigenvalue weighted by Crippen LogP contribution is 2.04. The number of nitrogens with two attached hydrogens (primary N) is 1. The van der Waals surface area contributed by atoms with Crippen LogP contribution in [0, 0.1) is 0 Å². The third-order valence-corrected chi connectivity index (χ3v) is 1.88. The van der Waals surface area contributed by atoms with Gasteiger partial charge in [0.05, 0.1) is 13.2 Å². The van der Waals surface area contributed by atoms with Crippen LogP contribution in [0.3, 0.4) is 0 Å². The summed E-state index contributed by atoms with van der Waals surface area (Å²) in [6, 6.07) is 7.52. The summed E-state index contributed by atoms with van der Waals surface area (Å²) < 4.78 is 4.78. The predicted molar refractivity (Wildman–Crippen MR) is 59.2 cm³/mol. The second-order valence-corrected chi connectivity index (χ2v) is 3.15. The van der Waals surface area contributed by atoms with Gasteiger partial charge in [-0.2, -0.15) is 0 Å². The SMILES string of the molecule is CCOC(=O)CNCc1ccc(N)cc1. The summed E-state index contributed by atoms with van der Waals surface area (Å²) in [5.41, 5.74) is 7.38. The first-order valence-corrected chi connectivity index (χ1v) is 4.93. The number of esters is 1. The Labute approximate surface area is 89.4 Å². The van der Waals surface area contributed by atoms with Crippen LogP contribution in [0.2, 0.25) is 0 Å². The molecule has 0 fully saturated rings. The van der Waals surface area contributed by atoms with Gasteiger partial charge in [0.1, 0.15) is 0 Å². The molecule has 3 N–H and O–H groups in total. The zero-order valence-electron chi connectivity index (χ0n) is 8.82. The largest absolute Gasteiger partial charge is 0.465 e. The number of nitrogen functional groups attached to an aromatic ring is 1. The molecular weight excluding hydrogens is 192 g/mol. The smallest absolute Gasteiger partial charge is 0.319 e. The van der Waals surface area contributed by atoms with E-state index in [2.05, 4.69) is 5.32 Å². The number of hydrogen-bond acceptors (Lipinski definition) is 4. The van der Waals surface area contributed by atoms with Crippen molar-refractivity contribution < 1.29 is 9.53 Å². The van der Waals surface area contributed by atoms with E-state index in [0.717, 1.165) is 11.3 Å². The number of rotatable bonds is 5. The molecule has 1 aromatic rings. The van der Waals surface area contributed by atoms with Gasteiger partial charge in [0.2, 0.25) is 0 Å². The van der Waals surface area contributed by atoms with Crippen LogP contribution >= 0.6 is 0 Å². The minimum Gasteiger partial charge on any atom is -0.465 e. The molecule has 0 radical (unpaired) electrons. The van der Waals surface area contributed by atoms with Crippen molar-refractivity contribution >= 4 is 11.7 Å². The van der Waals surface area contributed by atoms with E-state index in [4.69, 9.17) is 10.5 Å². The van der Waals surface area contributed by atoms with Crippen LogP contribution in [0.15, 0.2) is 24.3 Å². The number of carbonyl (C=O) groups is 1. The maximum atomic E-state index is 11.0. The molecular formula is C11H16N2O2. The first kappa shape index (κ1) is 11.5. The van der Waals surface area contributed by atoms with Gasteiger partial charge >= 0.3 is 5.97 Å². The van der Waals surface area contributed by atoms with Crippen LogP contribution in [0.4, 0.5) is 5.69 Å². The Morgan fingerprint density at radius 3 is 2.67 bits per heavy atom. The third kappa shape index (κ3) is 4.46. The number of ether oxygens (including phenoxy) is 1. The number of benzene rings is 1. The van der Waals surface area contributed by atoms with Crippen molar-refractivity contribution in [1.82, 2.24) is 5.32 Å². The van der Waals surface area contributed by atoms with E-state index in [0.29, 0.717) is 13.2 Å². The van der Waals surface area contributed by atoms with Crippen molar-refractivity contribution in [3.8, 4) is 0 Å². The fraction of sp³-hybridized carbons (Fsp3) is 0.364. The van der Waals surface area contributed by atoms with Crippen molar-refractivity contribution in [3.05, 3.63) is 29.8 Å². The van der Waals surface area contributed by atoms with Crippen LogP contribution < -0.4 is 11.1 Å². The maximum absolute atomic E-state index is 11.0. The molecule has 0 saturated heterocycles. The van der Waals surface area contributed by atoms with Gasteiger partial charge in [-0.15, -0.1) is 0 Å². The van der Waals surface area contributed by atoms with E-state index in [1.54, 1.807) is 6.92 Å². The molecule has 0 aliphatic carbocycles. The predicted octanol–water partition coefficient (Wildman–Crippen LogP) is 0.921. The normalized spacial score (nSPS) is 9.93. The molecule has 0 aromatic heterocycles. The minimum absolute atomic E-state index is 0.229. The number of hydrogen-bond donors (Lipinski definition) is 2. The van der Waals surface area contributed by atoms with Gasteiger partial charge in [0, 0.05) is 12.2 Å². The molecule has 15 heavy (non-hydrogen) atoms. The van der Waals surface area contributed by atoms with Gasteiger partial charge in [0.15, 0.2) is 0 Å². The van der Waals surface area contributed by atoms with E-state index >= 15 is 0 Å². The van der Waals surface area contributed by atoms with Crippen molar-refractivity contribution in [2.75, 3.05) is 18.9 Å². The lowest BCUT2D eigenvalue weighted by atomic mass is 10.2. The van der Waals surface area contributed by atoms with E-state index in [1.165, 1.54) is 0 Å². The lowest BCUT2D eigenvalue weighted by Crippen LogP contribution is -2.24. The molecule has 0 saturated carbocycles. The molecule has 0 aliphatic heterocycles. The average molecular weight is 208 g/mol. The fourth-order valence-corrected chi connectivity index (χ4v) is 1.16. The molecule has 0 amide bonds. The van der Waals surface area contributed by atoms with Crippen molar-refractivity contribution in [2.45, 2.75) is 13.5 Å². The lowest BCUT2D eigenvalue weighted by Gasteiger charge is -2.04. The summed E-state index contributed by atoms with van der Waals surface area (Å²) in [7, 11) is 0. The Morgan fingerprint density at radius 1 is 1.40 bits per heavy atom. The van der Waals surface area contributed by atoms with Crippen LogP contribution in [0.25, 0.3) is 0 Å². The highest BCUT2D eigenvalue weighted by molar-refractivity contribution is 5.71. The monoisotopic (exact) mass is 208 g/mol. The molecule has 0 aliphatic rings. The van der Waals surface area contributed by atoms with Crippen LogP contribution in [-0.2, 0) is 16.1 Å². The second-order valence-electron chi connectivity index (χ2n) is 3.15. The summed E-state index contributed by atoms with van der Waals surface area (Å²) in [6.07, 6.45) is 0. The molecule has 0 atom stereocenters. The molecule has 4 nitrogen and oxygen atoms in total. The van der Waals surface area contributed by atoms with Gasteiger partial charge in [-0.05, 0) is 24.6 Å².